The molecular formula is C22H23N5OS. The molecule has 0 atom stereocenters. The van der Waals surface area contributed by atoms with Crippen molar-refractivity contribution in [3.63, 3.8) is 0 Å². The van der Waals surface area contributed by atoms with Gasteiger partial charge in [-0.2, -0.15) is 5.26 Å². The van der Waals surface area contributed by atoms with Gasteiger partial charge in [0.25, 0.3) is 0 Å². The summed E-state index contributed by atoms with van der Waals surface area (Å²) in [6.07, 6.45) is 0.822. The van der Waals surface area contributed by atoms with Gasteiger partial charge in [0.05, 0.1) is 18.2 Å². The van der Waals surface area contributed by atoms with Crippen molar-refractivity contribution in [2.24, 2.45) is 0 Å². The maximum atomic E-state index is 9.42. The summed E-state index contributed by atoms with van der Waals surface area (Å²) in [6, 6.07) is 17.6. The first kappa shape index (κ1) is 20.4. The molecule has 0 saturated heterocycles. The van der Waals surface area contributed by atoms with E-state index in [1.54, 1.807) is 7.11 Å². The maximum Gasteiger partial charge on any atom is 0.170 e. The largest absolute Gasteiger partial charge is 0.497 e. The van der Waals surface area contributed by atoms with Gasteiger partial charge >= 0.3 is 0 Å². The maximum absolute atomic E-state index is 9.42. The fourth-order valence-electron chi connectivity index (χ4n) is 2.91. The molecule has 0 radical (unpaired) electrons. The third-order valence-corrected chi connectivity index (χ3v) is 4.69. The lowest BCUT2D eigenvalue weighted by atomic mass is 10.1. The zero-order chi connectivity index (χ0) is 20.6. The highest BCUT2D eigenvalue weighted by molar-refractivity contribution is 7.80. The molecule has 3 N–H and O–H groups in total. The first-order valence-corrected chi connectivity index (χ1v) is 9.75. The van der Waals surface area contributed by atoms with E-state index in [0.29, 0.717) is 29.6 Å². The number of anilines is 2. The van der Waals surface area contributed by atoms with Crippen molar-refractivity contribution >= 4 is 39.7 Å². The van der Waals surface area contributed by atoms with Gasteiger partial charge in [-0.25, -0.2) is 4.98 Å². The van der Waals surface area contributed by atoms with Crippen LogP contribution in [0, 0.1) is 18.3 Å². The minimum atomic E-state index is 0.549. The molecule has 0 fully saturated rings. The van der Waals surface area contributed by atoms with Crippen LogP contribution in [0.3, 0.4) is 0 Å². The molecule has 2 aromatic carbocycles. The molecule has 7 heteroatoms. The van der Waals surface area contributed by atoms with Crippen LogP contribution >= 0.6 is 12.2 Å². The van der Waals surface area contributed by atoms with Crippen molar-refractivity contribution in [1.29, 1.82) is 5.26 Å². The van der Waals surface area contributed by atoms with Crippen LogP contribution in [0.5, 0.6) is 5.75 Å². The minimum absolute atomic E-state index is 0.549. The lowest BCUT2D eigenvalue weighted by Gasteiger charge is -2.12. The number of pyridine rings is 1. The summed E-state index contributed by atoms with van der Waals surface area (Å²) < 4.78 is 5.14. The molecule has 0 spiro atoms. The van der Waals surface area contributed by atoms with Gasteiger partial charge in [-0.3, -0.25) is 0 Å². The Kier molecular flexibility index (Phi) is 6.82. The van der Waals surface area contributed by atoms with Crippen LogP contribution in [-0.4, -0.2) is 30.3 Å². The number of nitrogens with one attached hydrogen (secondary N) is 3. The summed E-state index contributed by atoms with van der Waals surface area (Å²) >= 11 is 5.32. The van der Waals surface area contributed by atoms with Crippen LogP contribution in [0.25, 0.3) is 10.9 Å². The molecule has 3 aromatic rings. The van der Waals surface area contributed by atoms with E-state index in [2.05, 4.69) is 27.0 Å². The number of hydrogen-bond acceptors (Lipinski definition) is 5. The number of nitriles is 1. The SMILES string of the molecule is COc1ccc(NC(=S)NCCCNc2nc3c(C)cccc3cc2C#N)cc1. The number of fused-ring (bicyclic) bond motifs is 1. The Bertz CT molecular complexity index is 1040. The smallest absolute Gasteiger partial charge is 0.170 e. The number of rotatable bonds is 7. The van der Waals surface area contributed by atoms with Gasteiger partial charge in [-0.05, 0) is 61.5 Å². The Hall–Kier alpha value is -3.37. The number of benzene rings is 2. The number of aromatic nitrogens is 1. The van der Waals surface area contributed by atoms with Crippen molar-refractivity contribution in [2.45, 2.75) is 13.3 Å². The van der Waals surface area contributed by atoms with Crippen LogP contribution in [-0.2, 0) is 0 Å². The monoisotopic (exact) mass is 405 g/mol. The molecule has 0 unspecified atom stereocenters. The number of hydrogen-bond donors (Lipinski definition) is 3. The predicted octanol–water partition coefficient (Wildman–Crippen LogP) is 4.21. The Balaban J connectivity index is 1.48. The Labute approximate surface area is 175 Å². The highest BCUT2D eigenvalue weighted by Gasteiger charge is 2.07. The minimum Gasteiger partial charge on any atom is -0.497 e. The summed E-state index contributed by atoms with van der Waals surface area (Å²) in [4.78, 5) is 4.65. The molecule has 0 saturated carbocycles. The van der Waals surface area contributed by atoms with E-state index in [0.717, 1.165) is 34.3 Å². The number of nitrogens with zero attached hydrogens (tertiary/aromatic N) is 2. The number of ether oxygens (including phenoxy) is 1. The normalized spacial score (nSPS) is 10.2. The Morgan fingerprint density at radius 3 is 2.69 bits per heavy atom. The van der Waals surface area contributed by atoms with Crippen LogP contribution in [0.2, 0.25) is 0 Å². The lowest BCUT2D eigenvalue weighted by Crippen LogP contribution is -2.30. The van der Waals surface area contributed by atoms with Gasteiger partial charge in [0.15, 0.2) is 5.11 Å². The molecule has 148 valence electrons. The Morgan fingerprint density at radius 1 is 1.17 bits per heavy atom. The number of methoxy groups -OCH3 is 1. The van der Waals surface area contributed by atoms with Crippen molar-refractivity contribution < 1.29 is 4.74 Å². The van der Waals surface area contributed by atoms with E-state index in [9.17, 15) is 5.26 Å². The van der Waals surface area contributed by atoms with Crippen LogP contribution < -0.4 is 20.7 Å². The number of para-hydroxylation sites is 1. The van der Waals surface area contributed by atoms with Crippen molar-refractivity contribution in [2.75, 3.05) is 30.8 Å². The zero-order valence-corrected chi connectivity index (χ0v) is 17.3. The van der Waals surface area contributed by atoms with E-state index in [1.807, 2.05) is 55.5 Å². The number of thiocarbonyl (C=S) groups is 1. The van der Waals surface area contributed by atoms with Gasteiger partial charge in [0.2, 0.25) is 0 Å². The molecule has 6 nitrogen and oxygen atoms in total. The molecule has 3 rings (SSSR count). The van der Waals surface area contributed by atoms with Crippen LogP contribution in [0.15, 0.2) is 48.5 Å². The van der Waals surface area contributed by atoms with Crippen molar-refractivity contribution in [3.05, 3.63) is 59.7 Å². The molecule has 29 heavy (non-hydrogen) atoms. The Morgan fingerprint density at radius 2 is 1.97 bits per heavy atom. The van der Waals surface area contributed by atoms with Gasteiger partial charge in [0.1, 0.15) is 17.6 Å². The standard InChI is InChI=1S/C22H23N5OS/c1-15-5-3-6-16-13-17(14-23)21(27-20(15)16)24-11-4-12-25-22(29)26-18-7-9-19(28-2)10-8-18/h3,5-10,13H,4,11-12H2,1-2H3,(H,24,27)(H2,25,26,29). The zero-order valence-electron chi connectivity index (χ0n) is 16.5. The molecule has 0 amide bonds. The number of aryl methyl sites for hydroxylation is 1. The van der Waals surface area contributed by atoms with E-state index in [1.165, 1.54) is 0 Å². The van der Waals surface area contributed by atoms with E-state index in [4.69, 9.17) is 17.0 Å². The van der Waals surface area contributed by atoms with E-state index >= 15 is 0 Å². The van der Waals surface area contributed by atoms with Gasteiger partial charge in [-0.1, -0.05) is 18.2 Å². The average Bonchev–Trinajstić information content (AvgIpc) is 2.74. The third-order valence-electron chi connectivity index (χ3n) is 4.45. The quantitative estimate of drug-likeness (QED) is 0.401. The highest BCUT2D eigenvalue weighted by Crippen LogP contribution is 2.22. The van der Waals surface area contributed by atoms with Crippen molar-refractivity contribution in [3.8, 4) is 11.8 Å². The second-order valence-electron chi connectivity index (χ2n) is 6.53. The van der Waals surface area contributed by atoms with Crippen LogP contribution in [0.4, 0.5) is 11.5 Å². The summed E-state index contributed by atoms with van der Waals surface area (Å²) in [7, 11) is 1.64. The van der Waals surface area contributed by atoms with Crippen molar-refractivity contribution in [1.82, 2.24) is 10.3 Å². The first-order chi connectivity index (χ1) is 14.1. The fourth-order valence-corrected chi connectivity index (χ4v) is 3.13. The molecule has 0 aliphatic carbocycles. The first-order valence-electron chi connectivity index (χ1n) is 9.34. The third kappa shape index (κ3) is 5.33. The molecule has 1 heterocycles. The average molecular weight is 406 g/mol. The van der Waals surface area contributed by atoms with E-state index in [-0.39, 0.29) is 0 Å². The van der Waals surface area contributed by atoms with Crippen LogP contribution in [0.1, 0.15) is 17.5 Å². The second kappa shape index (κ2) is 9.71. The molecule has 0 aliphatic heterocycles. The molecule has 0 aliphatic rings. The van der Waals surface area contributed by atoms with Gasteiger partial charge in [-0.15, -0.1) is 0 Å². The van der Waals surface area contributed by atoms with E-state index < -0.39 is 0 Å². The van der Waals surface area contributed by atoms with Gasteiger partial charge < -0.3 is 20.7 Å². The summed E-state index contributed by atoms with van der Waals surface area (Å²) in [5.41, 5.74) is 3.45. The fraction of sp³-hybridized carbons (Fsp3) is 0.227. The summed E-state index contributed by atoms with van der Waals surface area (Å²) in [5, 5.41) is 20.5. The molecular weight excluding hydrogens is 382 g/mol. The van der Waals surface area contributed by atoms with Gasteiger partial charge in [0, 0.05) is 24.2 Å². The lowest BCUT2D eigenvalue weighted by molar-refractivity contribution is 0.415. The molecule has 1 aromatic heterocycles. The summed E-state index contributed by atoms with van der Waals surface area (Å²) in [6.45, 7) is 3.40. The predicted molar refractivity (Wildman–Crippen MR) is 122 cm³/mol. The highest BCUT2D eigenvalue weighted by atomic mass is 32.1. The molecule has 0 bridgehead atoms. The topological polar surface area (TPSA) is 82.0 Å². The second-order valence-corrected chi connectivity index (χ2v) is 6.94. The summed E-state index contributed by atoms with van der Waals surface area (Å²) in [5.74, 6) is 1.42.